The van der Waals surface area contributed by atoms with Crippen LogP contribution < -0.4 is 9.47 Å². The quantitative estimate of drug-likeness (QED) is 0.653. The van der Waals surface area contributed by atoms with Gasteiger partial charge in [0.1, 0.15) is 0 Å². The molecule has 5 nitrogen and oxygen atoms in total. The Hall–Kier alpha value is -2.24. The van der Waals surface area contributed by atoms with Gasteiger partial charge < -0.3 is 14.6 Å². The van der Waals surface area contributed by atoms with Crippen LogP contribution in [-0.2, 0) is 4.79 Å². The van der Waals surface area contributed by atoms with Crippen molar-refractivity contribution in [1.29, 1.82) is 0 Å². The predicted octanol–water partition coefficient (Wildman–Crippen LogP) is 5.02. The number of rotatable bonds is 8. The molecule has 1 saturated heterocycles. The van der Waals surface area contributed by atoms with Gasteiger partial charge in [0, 0.05) is 11.6 Å². The van der Waals surface area contributed by atoms with Gasteiger partial charge in [0.15, 0.2) is 11.5 Å². The summed E-state index contributed by atoms with van der Waals surface area (Å²) in [4.78, 5) is 13.9. The minimum Gasteiger partial charge on any atom is -0.490 e. The first-order valence-corrected chi connectivity index (χ1v) is 10.5. The van der Waals surface area contributed by atoms with E-state index in [0.29, 0.717) is 37.0 Å². The van der Waals surface area contributed by atoms with Crippen LogP contribution in [0.4, 0.5) is 0 Å². The van der Waals surface area contributed by atoms with Gasteiger partial charge in [-0.25, -0.2) is 0 Å². The summed E-state index contributed by atoms with van der Waals surface area (Å²) in [5.41, 5.74) is 2.12. The van der Waals surface area contributed by atoms with Gasteiger partial charge in [-0.3, -0.25) is 9.69 Å². The summed E-state index contributed by atoms with van der Waals surface area (Å²) < 4.78 is 11.5. The summed E-state index contributed by atoms with van der Waals surface area (Å²) in [7, 11) is 0. The second-order valence-corrected chi connectivity index (χ2v) is 7.64. The largest absolute Gasteiger partial charge is 0.490 e. The third-order valence-electron chi connectivity index (χ3n) is 5.24. The molecule has 1 N–H and O–H groups in total. The van der Waals surface area contributed by atoms with Crippen molar-refractivity contribution in [3.05, 3.63) is 58.6 Å². The molecule has 0 saturated carbocycles. The first-order valence-electron chi connectivity index (χ1n) is 10.1. The first kappa shape index (κ1) is 21.5. The zero-order valence-corrected chi connectivity index (χ0v) is 17.7. The van der Waals surface area contributed by atoms with E-state index in [9.17, 15) is 9.90 Å². The number of aliphatic carboxylic acids is 1. The number of piperidine rings is 1. The molecular weight excluding hydrogens is 390 g/mol. The number of carboxylic acids is 1. The van der Waals surface area contributed by atoms with Crippen LogP contribution >= 0.6 is 11.6 Å². The van der Waals surface area contributed by atoms with Gasteiger partial charge in [-0.05, 0) is 68.6 Å². The second-order valence-electron chi connectivity index (χ2n) is 7.20. The number of hydrogen-bond donors (Lipinski definition) is 1. The van der Waals surface area contributed by atoms with Crippen LogP contribution in [0.3, 0.4) is 0 Å². The molecule has 1 aliphatic rings. The van der Waals surface area contributed by atoms with Crippen LogP contribution in [0.15, 0.2) is 42.5 Å². The predicted molar refractivity (Wildman–Crippen MR) is 114 cm³/mol. The number of benzene rings is 2. The Morgan fingerprint density at radius 3 is 2.41 bits per heavy atom. The average Bonchev–Trinajstić information content (AvgIpc) is 2.72. The molecule has 3 rings (SSSR count). The van der Waals surface area contributed by atoms with Crippen molar-refractivity contribution in [1.82, 2.24) is 4.90 Å². The van der Waals surface area contributed by atoms with Crippen LogP contribution in [0.2, 0.25) is 5.02 Å². The van der Waals surface area contributed by atoms with Gasteiger partial charge in [-0.15, -0.1) is 0 Å². The van der Waals surface area contributed by atoms with Gasteiger partial charge >= 0.3 is 5.97 Å². The number of likely N-dealkylation sites (tertiary alicyclic amines) is 1. The lowest BCUT2D eigenvalue weighted by molar-refractivity contribution is -0.143. The van der Waals surface area contributed by atoms with Crippen LogP contribution in [0, 0.1) is 5.92 Å². The fourth-order valence-electron chi connectivity index (χ4n) is 3.94. The molecule has 0 aliphatic carbocycles. The van der Waals surface area contributed by atoms with Crippen molar-refractivity contribution in [3.63, 3.8) is 0 Å². The summed E-state index contributed by atoms with van der Waals surface area (Å²) in [6, 6.07) is 13.7. The molecule has 2 aromatic carbocycles. The van der Waals surface area contributed by atoms with Crippen molar-refractivity contribution in [2.45, 2.75) is 32.7 Å². The number of hydrogen-bond acceptors (Lipinski definition) is 4. The first-order chi connectivity index (χ1) is 14.0. The smallest absolute Gasteiger partial charge is 0.307 e. The van der Waals surface area contributed by atoms with Gasteiger partial charge in [0.2, 0.25) is 0 Å². The topological polar surface area (TPSA) is 59.0 Å². The van der Waals surface area contributed by atoms with E-state index >= 15 is 0 Å². The summed E-state index contributed by atoms with van der Waals surface area (Å²) in [6.45, 7) is 6.35. The van der Waals surface area contributed by atoms with Crippen molar-refractivity contribution in [3.8, 4) is 11.5 Å². The Morgan fingerprint density at radius 2 is 1.76 bits per heavy atom. The summed E-state index contributed by atoms with van der Waals surface area (Å²) in [5.74, 6) is 0.339. The van der Waals surface area contributed by atoms with E-state index in [1.165, 1.54) is 0 Å². The number of halogens is 1. The highest BCUT2D eigenvalue weighted by Gasteiger charge is 2.31. The molecule has 0 aromatic heterocycles. The van der Waals surface area contributed by atoms with Crippen LogP contribution in [0.1, 0.15) is 43.9 Å². The maximum absolute atomic E-state index is 11.6. The van der Waals surface area contributed by atoms with E-state index in [4.69, 9.17) is 21.1 Å². The summed E-state index contributed by atoms with van der Waals surface area (Å²) in [5, 5.41) is 10.2. The minimum absolute atomic E-state index is 0.0794. The Morgan fingerprint density at radius 1 is 1.10 bits per heavy atom. The molecule has 1 heterocycles. The monoisotopic (exact) mass is 417 g/mol. The number of nitrogens with zero attached hydrogens (tertiary/aromatic N) is 1. The Bertz CT molecular complexity index is 824. The maximum Gasteiger partial charge on any atom is 0.307 e. The molecule has 2 unspecified atom stereocenters. The molecule has 29 heavy (non-hydrogen) atoms. The lowest BCUT2D eigenvalue weighted by Gasteiger charge is -2.37. The van der Waals surface area contributed by atoms with Gasteiger partial charge in [-0.2, -0.15) is 0 Å². The van der Waals surface area contributed by atoms with Gasteiger partial charge in [0.05, 0.1) is 25.2 Å². The SMILES string of the molecule is CCOc1ccc(C(c2ccc(Cl)cc2)N2CCCC(C(=O)O)C2)cc1OCC. The summed E-state index contributed by atoms with van der Waals surface area (Å²) >= 11 is 6.11. The Balaban J connectivity index is 2.02. The fraction of sp³-hybridized carbons (Fsp3) is 0.435. The molecular formula is C23H28ClNO4. The van der Waals surface area contributed by atoms with Crippen LogP contribution in [-0.4, -0.2) is 42.3 Å². The van der Waals surface area contributed by atoms with Crippen molar-refractivity contribution in [2.24, 2.45) is 5.92 Å². The number of carboxylic acid groups (broad SMARTS) is 1. The third-order valence-corrected chi connectivity index (χ3v) is 5.49. The summed E-state index contributed by atoms with van der Waals surface area (Å²) in [6.07, 6.45) is 1.57. The highest BCUT2D eigenvalue weighted by molar-refractivity contribution is 6.30. The zero-order valence-electron chi connectivity index (χ0n) is 16.9. The van der Waals surface area contributed by atoms with Crippen molar-refractivity contribution in [2.75, 3.05) is 26.3 Å². The molecule has 0 amide bonds. The molecule has 6 heteroatoms. The maximum atomic E-state index is 11.6. The number of carbonyl (C=O) groups is 1. The number of ether oxygens (including phenoxy) is 2. The van der Waals surface area contributed by atoms with Crippen molar-refractivity contribution >= 4 is 17.6 Å². The minimum atomic E-state index is -0.730. The highest BCUT2D eigenvalue weighted by Crippen LogP contribution is 2.37. The molecule has 2 aromatic rings. The molecule has 2 atom stereocenters. The van der Waals surface area contributed by atoms with E-state index in [-0.39, 0.29) is 12.0 Å². The lowest BCUT2D eigenvalue weighted by atomic mass is 9.91. The molecule has 1 aliphatic heterocycles. The van der Waals surface area contributed by atoms with E-state index in [1.54, 1.807) is 0 Å². The third kappa shape index (κ3) is 5.22. The highest BCUT2D eigenvalue weighted by atomic mass is 35.5. The second kappa shape index (κ2) is 9.99. The Kier molecular flexibility index (Phi) is 7.40. The van der Waals surface area contributed by atoms with Crippen LogP contribution in [0.5, 0.6) is 11.5 Å². The molecule has 0 spiro atoms. The molecule has 0 radical (unpaired) electrons. The van der Waals surface area contributed by atoms with Crippen LogP contribution in [0.25, 0.3) is 0 Å². The fourth-order valence-corrected chi connectivity index (χ4v) is 4.07. The van der Waals surface area contributed by atoms with E-state index < -0.39 is 5.97 Å². The normalized spacial score (nSPS) is 18.2. The van der Waals surface area contributed by atoms with Crippen molar-refractivity contribution < 1.29 is 19.4 Å². The lowest BCUT2D eigenvalue weighted by Crippen LogP contribution is -2.41. The molecule has 1 fully saturated rings. The zero-order chi connectivity index (χ0) is 20.8. The Labute approximate surface area is 177 Å². The average molecular weight is 418 g/mol. The van der Waals surface area contributed by atoms with E-state index in [0.717, 1.165) is 29.8 Å². The van der Waals surface area contributed by atoms with Gasteiger partial charge in [0.25, 0.3) is 0 Å². The molecule has 156 valence electrons. The van der Waals surface area contributed by atoms with E-state index in [2.05, 4.69) is 4.90 Å². The van der Waals surface area contributed by atoms with E-state index in [1.807, 2.05) is 56.3 Å². The standard InChI is InChI=1S/C23H28ClNO4/c1-3-28-20-12-9-17(14-21(20)29-4-2)22(16-7-10-19(24)11-8-16)25-13-5-6-18(15-25)23(26)27/h7-12,14,18,22H,3-6,13,15H2,1-2H3,(H,26,27). The van der Waals surface area contributed by atoms with Gasteiger partial charge in [-0.1, -0.05) is 29.8 Å². The molecule has 0 bridgehead atoms.